The molecule has 1 aliphatic rings. The maximum Gasteiger partial charge on any atom is 0.126 e. The van der Waals surface area contributed by atoms with Crippen molar-refractivity contribution < 1.29 is 8.60 Å². The number of halogens is 1. The SMILES string of the molecule is CC(CNC1CC(c2ccccc2F)C1)S(C)=O. The van der Waals surface area contributed by atoms with E-state index in [9.17, 15) is 8.60 Å². The van der Waals surface area contributed by atoms with Crippen LogP contribution in [0.2, 0.25) is 0 Å². The number of hydrogen-bond donors (Lipinski definition) is 1. The Balaban J connectivity index is 1.78. The molecular formula is C14H20FNOS. The van der Waals surface area contributed by atoms with Gasteiger partial charge in [-0.3, -0.25) is 4.21 Å². The van der Waals surface area contributed by atoms with E-state index < -0.39 is 10.8 Å². The fourth-order valence-electron chi connectivity index (χ4n) is 2.29. The van der Waals surface area contributed by atoms with Gasteiger partial charge in [0.2, 0.25) is 0 Å². The summed E-state index contributed by atoms with van der Waals surface area (Å²) in [4.78, 5) is 0. The Hall–Kier alpha value is -0.740. The minimum atomic E-state index is -0.776. The predicted molar refractivity (Wildman–Crippen MR) is 73.7 cm³/mol. The zero-order valence-corrected chi connectivity index (χ0v) is 11.7. The molecule has 0 heterocycles. The summed E-state index contributed by atoms with van der Waals surface area (Å²) in [6.07, 6.45) is 3.68. The summed E-state index contributed by atoms with van der Waals surface area (Å²) in [5.74, 6) is 0.245. The molecule has 0 aliphatic heterocycles. The predicted octanol–water partition coefficient (Wildman–Crippen LogP) is 2.43. The average Bonchev–Trinajstić information content (AvgIpc) is 2.28. The molecule has 2 unspecified atom stereocenters. The quantitative estimate of drug-likeness (QED) is 0.889. The highest BCUT2D eigenvalue weighted by Crippen LogP contribution is 2.37. The first-order valence-electron chi connectivity index (χ1n) is 6.38. The van der Waals surface area contributed by atoms with Gasteiger partial charge >= 0.3 is 0 Å². The number of hydrogen-bond acceptors (Lipinski definition) is 2. The van der Waals surface area contributed by atoms with Crippen molar-refractivity contribution in [3.05, 3.63) is 35.6 Å². The molecule has 2 rings (SSSR count). The highest BCUT2D eigenvalue weighted by Gasteiger charge is 2.31. The maximum atomic E-state index is 13.5. The lowest BCUT2D eigenvalue weighted by atomic mass is 9.75. The second-order valence-corrected chi connectivity index (χ2v) is 6.91. The Morgan fingerprint density at radius 2 is 2.11 bits per heavy atom. The van der Waals surface area contributed by atoms with E-state index in [0.29, 0.717) is 12.0 Å². The molecule has 0 bridgehead atoms. The monoisotopic (exact) mass is 269 g/mol. The lowest BCUT2D eigenvalue weighted by Crippen LogP contribution is -2.43. The van der Waals surface area contributed by atoms with E-state index in [0.717, 1.165) is 24.9 Å². The number of rotatable bonds is 5. The normalized spacial score (nSPS) is 26.4. The van der Waals surface area contributed by atoms with Crippen LogP contribution in [-0.2, 0) is 10.8 Å². The van der Waals surface area contributed by atoms with Crippen LogP contribution in [0.1, 0.15) is 31.2 Å². The van der Waals surface area contributed by atoms with Crippen molar-refractivity contribution in [1.29, 1.82) is 0 Å². The van der Waals surface area contributed by atoms with Gasteiger partial charge in [-0.1, -0.05) is 18.2 Å². The smallest absolute Gasteiger partial charge is 0.126 e. The Morgan fingerprint density at radius 1 is 1.44 bits per heavy atom. The lowest BCUT2D eigenvalue weighted by molar-refractivity contribution is 0.287. The molecule has 4 heteroatoms. The standard InChI is InChI=1S/C14H20FNOS/c1-10(18(2)17)9-16-12-7-11(8-12)13-5-3-4-6-14(13)15/h3-6,10-12,16H,7-9H2,1-2H3. The maximum absolute atomic E-state index is 13.5. The molecule has 1 aromatic carbocycles. The highest BCUT2D eigenvalue weighted by molar-refractivity contribution is 7.84. The number of nitrogens with one attached hydrogen (secondary N) is 1. The largest absolute Gasteiger partial charge is 0.313 e. The van der Waals surface area contributed by atoms with Gasteiger partial charge in [0.25, 0.3) is 0 Å². The summed E-state index contributed by atoms with van der Waals surface area (Å²) < 4.78 is 24.8. The van der Waals surface area contributed by atoms with Gasteiger partial charge in [-0.15, -0.1) is 0 Å². The highest BCUT2D eigenvalue weighted by atomic mass is 32.2. The van der Waals surface area contributed by atoms with Gasteiger partial charge in [0, 0.05) is 34.9 Å². The molecule has 18 heavy (non-hydrogen) atoms. The molecule has 100 valence electrons. The van der Waals surface area contributed by atoms with Gasteiger partial charge in [-0.2, -0.15) is 0 Å². The molecule has 1 N–H and O–H groups in total. The van der Waals surface area contributed by atoms with Crippen molar-refractivity contribution in [2.24, 2.45) is 0 Å². The minimum absolute atomic E-state index is 0.0935. The topological polar surface area (TPSA) is 29.1 Å². The molecule has 1 saturated carbocycles. The summed E-state index contributed by atoms with van der Waals surface area (Å²) in [7, 11) is -0.776. The van der Waals surface area contributed by atoms with E-state index in [-0.39, 0.29) is 11.1 Å². The van der Waals surface area contributed by atoms with Crippen LogP contribution in [0.15, 0.2) is 24.3 Å². The Morgan fingerprint density at radius 3 is 2.72 bits per heavy atom. The molecule has 0 aromatic heterocycles. The van der Waals surface area contributed by atoms with Gasteiger partial charge in [0.1, 0.15) is 5.82 Å². The molecule has 1 aliphatic carbocycles. The minimum Gasteiger partial charge on any atom is -0.313 e. The summed E-state index contributed by atoms with van der Waals surface area (Å²) in [6, 6.07) is 7.46. The van der Waals surface area contributed by atoms with Crippen LogP contribution in [0.25, 0.3) is 0 Å². The van der Waals surface area contributed by atoms with Crippen LogP contribution in [0.3, 0.4) is 0 Å². The molecular weight excluding hydrogens is 249 g/mol. The van der Waals surface area contributed by atoms with Crippen LogP contribution in [-0.4, -0.2) is 28.3 Å². The molecule has 2 nitrogen and oxygen atoms in total. The van der Waals surface area contributed by atoms with Crippen LogP contribution < -0.4 is 5.32 Å². The summed E-state index contributed by atoms with van der Waals surface area (Å²) in [5.41, 5.74) is 0.836. The average molecular weight is 269 g/mol. The van der Waals surface area contributed by atoms with Gasteiger partial charge in [-0.05, 0) is 37.3 Å². The molecule has 0 radical (unpaired) electrons. The van der Waals surface area contributed by atoms with E-state index in [2.05, 4.69) is 5.32 Å². The first-order chi connectivity index (χ1) is 8.58. The van der Waals surface area contributed by atoms with Crippen molar-refractivity contribution in [2.75, 3.05) is 12.8 Å². The third-order valence-corrected chi connectivity index (χ3v) is 5.04. The van der Waals surface area contributed by atoms with Crippen molar-refractivity contribution in [1.82, 2.24) is 5.32 Å². The Labute approximate surface area is 110 Å². The summed E-state index contributed by atoms with van der Waals surface area (Å²) >= 11 is 0. The van der Waals surface area contributed by atoms with E-state index in [1.54, 1.807) is 12.3 Å². The van der Waals surface area contributed by atoms with Crippen LogP contribution >= 0.6 is 0 Å². The van der Waals surface area contributed by atoms with E-state index in [1.165, 1.54) is 6.07 Å². The summed E-state index contributed by atoms with van der Waals surface area (Å²) in [6.45, 7) is 2.76. The van der Waals surface area contributed by atoms with Crippen LogP contribution in [0.5, 0.6) is 0 Å². The van der Waals surface area contributed by atoms with Gasteiger partial charge in [0.15, 0.2) is 0 Å². The van der Waals surface area contributed by atoms with Crippen LogP contribution in [0.4, 0.5) is 4.39 Å². The molecule has 0 amide bonds. The van der Waals surface area contributed by atoms with Crippen molar-refractivity contribution in [2.45, 2.75) is 37.0 Å². The summed E-state index contributed by atoms with van der Waals surface area (Å²) in [5, 5.41) is 3.58. The Bertz CT molecular complexity index is 432. The fraction of sp³-hybridized carbons (Fsp3) is 0.571. The van der Waals surface area contributed by atoms with E-state index in [4.69, 9.17) is 0 Å². The second kappa shape index (κ2) is 5.93. The number of benzene rings is 1. The van der Waals surface area contributed by atoms with Crippen molar-refractivity contribution in [3.63, 3.8) is 0 Å². The first-order valence-corrected chi connectivity index (χ1v) is 8.00. The van der Waals surface area contributed by atoms with Gasteiger partial charge in [-0.25, -0.2) is 4.39 Å². The second-order valence-electron chi connectivity index (χ2n) is 5.10. The Kier molecular flexibility index (Phi) is 4.51. The molecule has 0 saturated heterocycles. The third-order valence-electron chi connectivity index (χ3n) is 3.74. The van der Waals surface area contributed by atoms with Gasteiger partial charge in [0.05, 0.1) is 0 Å². The van der Waals surface area contributed by atoms with E-state index in [1.807, 2.05) is 19.1 Å². The molecule has 1 fully saturated rings. The zero-order valence-electron chi connectivity index (χ0n) is 10.9. The van der Waals surface area contributed by atoms with Crippen molar-refractivity contribution in [3.8, 4) is 0 Å². The molecule has 2 atom stereocenters. The van der Waals surface area contributed by atoms with E-state index >= 15 is 0 Å². The van der Waals surface area contributed by atoms with Gasteiger partial charge < -0.3 is 5.32 Å². The molecule has 1 aromatic rings. The first kappa shape index (κ1) is 13.7. The fourth-order valence-corrected chi connectivity index (χ4v) is 2.63. The third kappa shape index (κ3) is 3.18. The molecule has 0 spiro atoms. The zero-order chi connectivity index (χ0) is 13.1. The van der Waals surface area contributed by atoms with Crippen molar-refractivity contribution >= 4 is 10.8 Å². The lowest BCUT2D eigenvalue weighted by Gasteiger charge is -2.37. The van der Waals surface area contributed by atoms with Crippen LogP contribution in [0, 0.1) is 5.82 Å².